The number of carbonyl (C=O) groups excluding carboxylic acids is 1. The number of hydrogen-bond donors (Lipinski definition) is 1. The summed E-state index contributed by atoms with van der Waals surface area (Å²) in [6.45, 7) is 0.526. The highest BCUT2D eigenvalue weighted by molar-refractivity contribution is 14.1. The van der Waals surface area contributed by atoms with Crippen LogP contribution in [-0.4, -0.2) is 34.2 Å². The molecule has 3 rings (SSSR count). The SMILES string of the molecule is O=C1Nc2cc(I)c(F)cc2N2CCS(=O)CC12. The molecule has 0 bridgehead atoms. The van der Waals surface area contributed by atoms with Crippen molar-refractivity contribution < 1.29 is 13.4 Å². The van der Waals surface area contributed by atoms with Crippen LogP contribution >= 0.6 is 22.6 Å². The normalized spacial score (nSPS) is 26.3. The van der Waals surface area contributed by atoms with Crippen molar-refractivity contribution in [3.63, 3.8) is 0 Å². The van der Waals surface area contributed by atoms with E-state index in [1.807, 2.05) is 27.5 Å². The van der Waals surface area contributed by atoms with E-state index in [9.17, 15) is 13.4 Å². The molecule has 1 saturated heterocycles. The van der Waals surface area contributed by atoms with Gasteiger partial charge in [-0.25, -0.2) is 4.39 Å². The second-order valence-electron chi connectivity index (χ2n) is 4.29. The molecule has 7 heteroatoms. The molecular weight excluding hydrogens is 370 g/mol. The lowest BCUT2D eigenvalue weighted by molar-refractivity contribution is -0.117. The molecule has 1 fully saturated rings. The summed E-state index contributed by atoms with van der Waals surface area (Å²) in [5.74, 6) is 0.393. The van der Waals surface area contributed by atoms with E-state index < -0.39 is 16.8 Å². The van der Waals surface area contributed by atoms with E-state index in [-0.39, 0.29) is 11.7 Å². The van der Waals surface area contributed by atoms with Gasteiger partial charge in [-0.2, -0.15) is 0 Å². The van der Waals surface area contributed by atoms with Gasteiger partial charge in [-0.05, 0) is 28.7 Å². The molecule has 4 nitrogen and oxygen atoms in total. The lowest BCUT2D eigenvalue weighted by Crippen LogP contribution is -2.55. The number of nitrogens with zero attached hydrogens (tertiary/aromatic N) is 1. The van der Waals surface area contributed by atoms with Crippen LogP contribution in [0.4, 0.5) is 15.8 Å². The van der Waals surface area contributed by atoms with E-state index in [1.165, 1.54) is 6.07 Å². The third-order valence-corrected chi connectivity index (χ3v) is 5.34. The number of benzene rings is 1. The van der Waals surface area contributed by atoms with Gasteiger partial charge < -0.3 is 10.2 Å². The zero-order valence-electron chi connectivity index (χ0n) is 9.28. The van der Waals surface area contributed by atoms with E-state index in [0.29, 0.717) is 33.0 Å². The molecule has 1 N–H and O–H groups in total. The molecule has 0 aliphatic carbocycles. The van der Waals surface area contributed by atoms with Crippen molar-refractivity contribution in [3.05, 3.63) is 21.5 Å². The predicted octanol–water partition coefficient (Wildman–Crippen LogP) is 1.32. The van der Waals surface area contributed by atoms with Gasteiger partial charge in [0.1, 0.15) is 11.9 Å². The molecule has 0 saturated carbocycles. The van der Waals surface area contributed by atoms with Gasteiger partial charge in [0.2, 0.25) is 5.91 Å². The summed E-state index contributed by atoms with van der Waals surface area (Å²) >= 11 is 1.90. The topological polar surface area (TPSA) is 49.4 Å². The minimum absolute atomic E-state index is 0.155. The molecular formula is C11H10FIN2O2S. The Hall–Kier alpha value is -0.700. The van der Waals surface area contributed by atoms with Crippen LogP contribution in [0.3, 0.4) is 0 Å². The molecule has 1 amide bonds. The Morgan fingerprint density at radius 1 is 1.50 bits per heavy atom. The fourth-order valence-corrected chi connectivity index (χ4v) is 4.02. The first-order valence-corrected chi connectivity index (χ1v) is 8.04. The minimum atomic E-state index is -0.964. The second kappa shape index (κ2) is 4.44. The van der Waals surface area contributed by atoms with E-state index in [1.54, 1.807) is 6.07 Å². The average Bonchev–Trinajstić information content (AvgIpc) is 2.32. The van der Waals surface area contributed by atoms with Crippen LogP contribution in [0.1, 0.15) is 0 Å². The van der Waals surface area contributed by atoms with Gasteiger partial charge in [-0.15, -0.1) is 0 Å². The Balaban J connectivity index is 2.08. The Bertz CT molecular complexity index is 566. The number of halogens is 2. The van der Waals surface area contributed by atoms with Gasteiger partial charge in [-0.1, -0.05) is 0 Å². The number of rotatable bonds is 0. The van der Waals surface area contributed by atoms with Crippen molar-refractivity contribution in [2.24, 2.45) is 0 Å². The van der Waals surface area contributed by atoms with Crippen molar-refractivity contribution in [2.75, 3.05) is 28.3 Å². The molecule has 1 aromatic carbocycles. The first kappa shape index (κ1) is 12.3. The minimum Gasteiger partial charge on any atom is -0.356 e. The zero-order valence-corrected chi connectivity index (χ0v) is 12.3. The van der Waals surface area contributed by atoms with E-state index in [4.69, 9.17) is 0 Å². The van der Waals surface area contributed by atoms with Gasteiger partial charge in [0.15, 0.2) is 0 Å². The number of fused-ring (bicyclic) bond motifs is 3. The number of carbonyl (C=O) groups is 1. The first-order valence-electron chi connectivity index (χ1n) is 5.48. The lowest BCUT2D eigenvalue weighted by atomic mass is 10.1. The standard InChI is InChI=1S/C11H10FIN2O2S/c12-6-3-9-8(4-7(6)13)14-11(16)10-5-18(17)2-1-15(9)10/h3-4,10H,1-2,5H2,(H,14,16). The number of nitrogens with one attached hydrogen (secondary N) is 1. The maximum absolute atomic E-state index is 13.6. The number of anilines is 2. The molecule has 96 valence electrons. The largest absolute Gasteiger partial charge is 0.356 e. The smallest absolute Gasteiger partial charge is 0.248 e. The van der Waals surface area contributed by atoms with Crippen molar-refractivity contribution in [3.8, 4) is 0 Å². The zero-order chi connectivity index (χ0) is 12.9. The summed E-state index contributed by atoms with van der Waals surface area (Å²) in [4.78, 5) is 13.8. The van der Waals surface area contributed by atoms with Crippen LogP contribution in [0.5, 0.6) is 0 Å². The van der Waals surface area contributed by atoms with Crippen LogP contribution in [0.25, 0.3) is 0 Å². The van der Waals surface area contributed by atoms with Crippen molar-refractivity contribution in [1.82, 2.24) is 0 Å². The van der Waals surface area contributed by atoms with Crippen LogP contribution in [0.2, 0.25) is 0 Å². The summed E-state index contributed by atoms with van der Waals surface area (Å²) < 4.78 is 25.6. The van der Waals surface area contributed by atoms with Crippen LogP contribution in [-0.2, 0) is 15.6 Å². The molecule has 0 radical (unpaired) electrons. The van der Waals surface area contributed by atoms with Gasteiger partial charge >= 0.3 is 0 Å². The Kier molecular flexibility index (Phi) is 3.05. The van der Waals surface area contributed by atoms with Crippen LogP contribution < -0.4 is 10.2 Å². The first-order chi connectivity index (χ1) is 8.56. The highest BCUT2D eigenvalue weighted by atomic mass is 127. The van der Waals surface area contributed by atoms with Crippen molar-refractivity contribution >= 4 is 50.7 Å². The second-order valence-corrected chi connectivity index (χ2v) is 7.08. The molecule has 2 heterocycles. The maximum Gasteiger partial charge on any atom is 0.248 e. The lowest BCUT2D eigenvalue weighted by Gasteiger charge is -2.40. The predicted molar refractivity (Wildman–Crippen MR) is 76.8 cm³/mol. The van der Waals surface area contributed by atoms with Gasteiger partial charge in [0, 0.05) is 29.2 Å². The third kappa shape index (κ3) is 1.93. The Morgan fingerprint density at radius 2 is 2.28 bits per heavy atom. The molecule has 0 spiro atoms. The van der Waals surface area contributed by atoms with E-state index >= 15 is 0 Å². The highest BCUT2D eigenvalue weighted by Gasteiger charge is 2.37. The van der Waals surface area contributed by atoms with Gasteiger partial charge in [0.05, 0.1) is 20.7 Å². The number of hydrogen-bond acceptors (Lipinski definition) is 3. The molecule has 0 aromatic heterocycles. The molecule has 18 heavy (non-hydrogen) atoms. The van der Waals surface area contributed by atoms with Crippen LogP contribution in [0.15, 0.2) is 12.1 Å². The quantitative estimate of drug-likeness (QED) is 0.691. The van der Waals surface area contributed by atoms with E-state index in [0.717, 1.165) is 0 Å². The summed E-state index contributed by atoms with van der Waals surface area (Å²) in [5.41, 5.74) is 1.32. The third-order valence-electron chi connectivity index (χ3n) is 3.19. The fourth-order valence-electron chi connectivity index (χ4n) is 2.30. The number of amides is 1. The fraction of sp³-hybridized carbons (Fsp3) is 0.364. The van der Waals surface area contributed by atoms with E-state index in [2.05, 4.69) is 5.32 Å². The summed E-state index contributed by atoms with van der Waals surface area (Å²) in [6, 6.07) is 2.63. The Morgan fingerprint density at radius 3 is 3.06 bits per heavy atom. The summed E-state index contributed by atoms with van der Waals surface area (Å²) in [7, 11) is -0.964. The van der Waals surface area contributed by atoms with Crippen molar-refractivity contribution in [1.29, 1.82) is 0 Å². The summed E-state index contributed by atoms with van der Waals surface area (Å²) in [5, 5.41) is 2.76. The van der Waals surface area contributed by atoms with Crippen LogP contribution in [0, 0.1) is 9.39 Å². The molecule has 1 aromatic rings. The monoisotopic (exact) mass is 380 g/mol. The summed E-state index contributed by atoms with van der Waals surface area (Å²) in [6.07, 6.45) is 0. The Labute approximate surface area is 120 Å². The highest BCUT2D eigenvalue weighted by Crippen LogP contribution is 2.35. The molecule has 2 unspecified atom stereocenters. The van der Waals surface area contributed by atoms with Gasteiger partial charge in [0.25, 0.3) is 0 Å². The average molecular weight is 380 g/mol. The maximum atomic E-state index is 13.6. The molecule has 2 aliphatic heterocycles. The van der Waals surface area contributed by atoms with Crippen molar-refractivity contribution in [2.45, 2.75) is 6.04 Å². The van der Waals surface area contributed by atoms with Gasteiger partial charge in [-0.3, -0.25) is 9.00 Å². The molecule has 2 atom stereocenters. The molecule has 2 aliphatic rings.